The summed E-state index contributed by atoms with van der Waals surface area (Å²) in [6, 6.07) is 5.37. The Morgan fingerprint density at radius 3 is 2.88 bits per heavy atom. The van der Waals surface area contributed by atoms with Gasteiger partial charge >= 0.3 is 5.69 Å². The molecule has 0 saturated carbocycles. The fourth-order valence-corrected chi connectivity index (χ4v) is 4.30. The topological polar surface area (TPSA) is 85.0 Å². The highest BCUT2D eigenvalue weighted by Gasteiger charge is 2.40. The Kier molecular flexibility index (Phi) is 4.92. The normalized spacial score (nSPS) is 17.7. The van der Waals surface area contributed by atoms with Gasteiger partial charge in [0.15, 0.2) is 5.65 Å². The summed E-state index contributed by atoms with van der Waals surface area (Å²) in [6.45, 7) is 0.267. The summed E-state index contributed by atoms with van der Waals surface area (Å²) >= 11 is 0. The lowest BCUT2D eigenvalue weighted by molar-refractivity contribution is 0.0120. The van der Waals surface area contributed by atoms with Crippen LogP contribution in [0.25, 0.3) is 5.65 Å². The first-order valence-corrected chi connectivity index (χ1v) is 10.4. The van der Waals surface area contributed by atoms with Gasteiger partial charge in [0, 0.05) is 50.8 Å². The van der Waals surface area contributed by atoms with E-state index in [0.29, 0.717) is 23.6 Å². The van der Waals surface area contributed by atoms with Crippen LogP contribution in [0.5, 0.6) is 0 Å². The zero-order valence-electron chi connectivity index (χ0n) is 17.5. The van der Waals surface area contributed by atoms with Crippen LogP contribution in [0.4, 0.5) is 20.3 Å². The Morgan fingerprint density at radius 2 is 2.12 bits per heavy atom. The first-order valence-electron chi connectivity index (χ1n) is 10.4. The van der Waals surface area contributed by atoms with E-state index in [9.17, 15) is 18.4 Å². The molecule has 0 bridgehead atoms. The highest BCUT2D eigenvalue weighted by molar-refractivity contribution is 5.94. The third-order valence-electron chi connectivity index (χ3n) is 5.86. The SMILES string of the molecule is COCn1nc2cc(N3CCCc4cc(C(=O)N5CCC(F)(F)C5)cnc43)ccn2c1=O. The third-order valence-corrected chi connectivity index (χ3v) is 5.86. The second-order valence-corrected chi connectivity index (χ2v) is 8.11. The summed E-state index contributed by atoms with van der Waals surface area (Å²) < 4.78 is 34.7. The van der Waals surface area contributed by atoms with Gasteiger partial charge in [-0.15, -0.1) is 5.10 Å². The number of nitrogens with zero attached hydrogens (tertiary/aromatic N) is 6. The van der Waals surface area contributed by atoms with Crippen LogP contribution in [0.1, 0.15) is 28.8 Å². The zero-order chi connectivity index (χ0) is 22.5. The van der Waals surface area contributed by atoms with Gasteiger partial charge in [-0.2, -0.15) is 4.68 Å². The molecule has 0 N–H and O–H groups in total. The number of hydrogen-bond acceptors (Lipinski definition) is 6. The van der Waals surface area contributed by atoms with Crippen molar-refractivity contribution in [2.75, 3.05) is 31.6 Å². The number of aromatic nitrogens is 4. The highest BCUT2D eigenvalue weighted by Crippen LogP contribution is 2.33. The van der Waals surface area contributed by atoms with Gasteiger partial charge in [-0.3, -0.25) is 9.20 Å². The van der Waals surface area contributed by atoms with E-state index in [2.05, 4.69) is 10.1 Å². The minimum atomic E-state index is -2.83. The minimum absolute atomic E-state index is 0.0458. The van der Waals surface area contributed by atoms with Crippen LogP contribution < -0.4 is 10.6 Å². The quantitative estimate of drug-likeness (QED) is 0.613. The number of alkyl halides is 2. The molecular weight excluding hydrogens is 422 g/mol. The molecule has 2 aliphatic heterocycles. The van der Waals surface area contributed by atoms with Crippen LogP contribution in [0.2, 0.25) is 0 Å². The molecule has 5 heterocycles. The van der Waals surface area contributed by atoms with Crippen molar-refractivity contribution < 1.29 is 18.3 Å². The molecule has 0 unspecified atom stereocenters. The number of carbonyl (C=O) groups excluding carboxylic acids is 1. The lowest BCUT2D eigenvalue weighted by atomic mass is 10.0. The van der Waals surface area contributed by atoms with E-state index in [1.54, 1.807) is 18.3 Å². The lowest BCUT2D eigenvalue weighted by Gasteiger charge is -2.30. The molecule has 1 fully saturated rings. The maximum Gasteiger partial charge on any atom is 0.352 e. The molecular formula is C21H22F2N6O3. The molecule has 168 valence electrons. The summed E-state index contributed by atoms with van der Waals surface area (Å²) in [5.74, 6) is -2.54. The van der Waals surface area contributed by atoms with Crippen molar-refractivity contribution in [3.05, 3.63) is 52.2 Å². The second-order valence-electron chi connectivity index (χ2n) is 8.11. The number of likely N-dealkylation sites (tertiary alicyclic amines) is 1. The summed E-state index contributed by atoms with van der Waals surface area (Å²) in [6.07, 6.45) is 4.37. The molecule has 32 heavy (non-hydrogen) atoms. The molecule has 1 saturated heterocycles. The highest BCUT2D eigenvalue weighted by atomic mass is 19.3. The molecule has 3 aromatic heterocycles. The molecule has 0 atom stereocenters. The number of ether oxygens (including phenoxy) is 1. The number of methoxy groups -OCH3 is 1. The van der Waals surface area contributed by atoms with Gasteiger partial charge in [0.25, 0.3) is 11.8 Å². The Morgan fingerprint density at radius 1 is 1.28 bits per heavy atom. The average molecular weight is 444 g/mol. The molecule has 0 radical (unpaired) electrons. The Hall–Kier alpha value is -3.34. The van der Waals surface area contributed by atoms with E-state index >= 15 is 0 Å². The van der Waals surface area contributed by atoms with Crippen molar-refractivity contribution in [3.63, 3.8) is 0 Å². The number of aryl methyl sites for hydroxylation is 1. The van der Waals surface area contributed by atoms with E-state index in [-0.39, 0.29) is 25.4 Å². The maximum absolute atomic E-state index is 13.5. The van der Waals surface area contributed by atoms with Gasteiger partial charge < -0.3 is 14.5 Å². The summed E-state index contributed by atoms with van der Waals surface area (Å²) in [7, 11) is 1.49. The van der Waals surface area contributed by atoms with Gasteiger partial charge in [-0.25, -0.2) is 18.6 Å². The van der Waals surface area contributed by atoms with Crippen LogP contribution in [0.15, 0.2) is 35.4 Å². The van der Waals surface area contributed by atoms with Gasteiger partial charge in [0.2, 0.25) is 0 Å². The third kappa shape index (κ3) is 3.52. The lowest BCUT2D eigenvalue weighted by Crippen LogP contribution is -2.32. The smallest absolute Gasteiger partial charge is 0.352 e. The van der Waals surface area contributed by atoms with Gasteiger partial charge in [0.1, 0.15) is 12.5 Å². The molecule has 9 nitrogen and oxygen atoms in total. The van der Waals surface area contributed by atoms with Crippen molar-refractivity contribution >= 4 is 23.1 Å². The Labute approximate surface area is 181 Å². The number of hydrogen-bond donors (Lipinski definition) is 0. The standard InChI is InChI=1S/C21H22F2N6O3/c1-32-13-29-20(31)28-7-4-16(10-17(28)25-29)27-6-2-3-14-9-15(11-24-18(14)27)19(30)26-8-5-21(22,23)12-26/h4,7,9-11H,2-3,5-6,8,12-13H2,1H3. The first-order chi connectivity index (χ1) is 15.4. The number of halogens is 2. The molecule has 2 aliphatic rings. The molecule has 11 heteroatoms. The Balaban J connectivity index is 1.45. The number of pyridine rings is 2. The number of rotatable bonds is 4. The zero-order valence-corrected chi connectivity index (χ0v) is 17.5. The second kappa shape index (κ2) is 7.66. The Bertz CT molecular complexity index is 1250. The number of anilines is 2. The van der Waals surface area contributed by atoms with E-state index in [1.165, 1.54) is 27.3 Å². The van der Waals surface area contributed by atoms with Crippen LogP contribution in [-0.4, -0.2) is 62.6 Å². The van der Waals surface area contributed by atoms with Crippen LogP contribution >= 0.6 is 0 Å². The van der Waals surface area contributed by atoms with Gasteiger partial charge in [-0.1, -0.05) is 0 Å². The van der Waals surface area contributed by atoms with Crippen molar-refractivity contribution in [2.45, 2.75) is 31.9 Å². The van der Waals surface area contributed by atoms with Crippen LogP contribution in [-0.2, 0) is 17.9 Å². The molecule has 5 rings (SSSR count). The van der Waals surface area contributed by atoms with Gasteiger partial charge in [0.05, 0.1) is 12.1 Å². The summed E-state index contributed by atoms with van der Waals surface area (Å²) in [4.78, 5) is 32.7. The fraction of sp³-hybridized carbons (Fsp3) is 0.429. The molecule has 0 spiro atoms. The predicted molar refractivity (Wildman–Crippen MR) is 111 cm³/mol. The van der Waals surface area contributed by atoms with Gasteiger partial charge in [-0.05, 0) is 30.5 Å². The van der Waals surface area contributed by atoms with Crippen LogP contribution in [0, 0.1) is 0 Å². The van der Waals surface area contributed by atoms with E-state index < -0.39 is 18.4 Å². The van der Waals surface area contributed by atoms with Crippen molar-refractivity contribution in [3.8, 4) is 0 Å². The van der Waals surface area contributed by atoms with Crippen molar-refractivity contribution in [1.82, 2.24) is 24.1 Å². The first kappa shape index (κ1) is 20.6. The summed E-state index contributed by atoms with van der Waals surface area (Å²) in [5, 5.41) is 4.29. The minimum Gasteiger partial charge on any atom is -0.362 e. The number of carbonyl (C=O) groups is 1. The number of fused-ring (bicyclic) bond motifs is 2. The molecule has 1 amide bonds. The maximum atomic E-state index is 13.5. The summed E-state index contributed by atoms with van der Waals surface area (Å²) in [5.41, 5.74) is 2.22. The van der Waals surface area contributed by atoms with E-state index in [0.717, 1.165) is 24.1 Å². The number of amides is 1. The molecule has 0 aromatic carbocycles. The molecule has 0 aliphatic carbocycles. The predicted octanol–water partition coefficient (Wildman–Crippen LogP) is 2.06. The fourth-order valence-electron chi connectivity index (χ4n) is 4.30. The molecule has 3 aromatic rings. The van der Waals surface area contributed by atoms with E-state index in [4.69, 9.17) is 4.74 Å². The largest absolute Gasteiger partial charge is 0.362 e. The average Bonchev–Trinajstić information content (AvgIpc) is 3.31. The van der Waals surface area contributed by atoms with E-state index in [1.807, 2.05) is 11.0 Å². The monoisotopic (exact) mass is 444 g/mol. The van der Waals surface area contributed by atoms with Crippen molar-refractivity contribution in [2.24, 2.45) is 0 Å². The van der Waals surface area contributed by atoms with Crippen molar-refractivity contribution in [1.29, 1.82) is 0 Å². The van der Waals surface area contributed by atoms with Crippen LogP contribution in [0.3, 0.4) is 0 Å².